The predicted molar refractivity (Wildman–Crippen MR) is 36.7 cm³/mol. The number of hydrogen-bond donors (Lipinski definition) is 2. The average molecular weight is 154 g/mol. The molecule has 9 heavy (non-hydrogen) atoms. The van der Waals surface area contributed by atoms with E-state index < -0.39 is 5.79 Å². The van der Waals surface area contributed by atoms with Crippen LogP contribution in [0.1, 0.15) is 6.92 Å². The van der Waals surface area contributed by atoms with Gasteiger partial charge in [-0.3, -0.25) is 0 Å². The summed E-state index contributed by atoms with van der Waals surface area (Å²) in [6, 6.07) is 0. The molecule has 1 heterocycles. The van der Waals surface area contributed by atoms with Crippen molar-refractivity contribution in [3.63, 3.8) is 0 Å². The molecule has 0 aromatic heterocycles. The van der Waals surface area contributed by atoms with Crippen LogP contribution in [0, 0.1) is 0 Å². The quantitative estimate of drug-likeness (QED) is 0.537. The van der Waals surface area contributed by atoms with Crippen LogP contribution in [0.2, 0.25) is 0 Å². The maximum absolute atomic E-state index is 9.13. The van der Waals surface area contributed by atoms with Gasteiger partial charge in [-0.15, -0.1) is 12.4 Å². The van der Waals surface area contributed by atoms with Gasteiger partial charge in [-0.1, -0.05) is 0 Å². The SMILES string of the molecule is CCOC1(O)CNC1.Cl. The summed E-state index contributed by atoms with van der Waals surface area (Å²) in [5.41, 5.74) is 0. The summed E-state index contributed by atoms with van der Waals surface area (Å²) in [5.74, 6) is -0.839. The molecule has 0 radical (unpaired) electrons. The van der Waals surface area contributed by atoms with Crippen molar-refractivity contribution >= 4 is 12.4 Å². The summed E-state index contributed by atoms with van der Waals surface area (Å²) in [5, 5.41) is 12.0. The molecule has 0 aromatic carbocycles. The summed E-state index contributed by atoms with van der Waals surface area (Å²) in [6.45, 7) is 3.59. The van der Waals surface area contributed by atoms with E-state index in [0.717, 1.165) is 0 Å². The van der Waals surface area contributed by atoms with Gasteiger partial charge in [0.15, 0.2) is 5.79 Å². The van der Waals surface area contributed by atoms with Gasteiger partial charge in [0, 0.05) is 6.61 Å². The molecule has 0 atom stereocenters. The van der Waals surface area contributed by atoms with Crippen molar-refractivity contribution in [3.8, 4) is 0 Å². The molecule has 0 aromatic rings. The van der Waals surface area contributed by atoms with E-state index in [4.69, 9.17) is 9.84 Å². The zero-order valence-electron chi connectivity index (χ0n) is 5.39. The fourth-order valence-corrected chi connectivity index (χ4v) is 0.710. The highest BCUT2D eigenvalue weighted by Crippen LogP contribution is 2.10. The summed E-state index contributed by atoms with van der Waals surface area (Å²) in [4.78, 5) is 0. The molecule has 1 rings (SSSR count). The van der Waals surface area contributed by atoms with Crippen molar-refractivity contribution in [2.75, 3.05) is 19.7 Å². The Hall–Kier alpha value is 0.170. The molecule has 1 fully saturated rings. The number of halogens is 1. The standard InChI is InChI=1S/C5H11NO2.ClH/c1-2-8-5(7)3-6-4-5;/h6-7H,2-4H2,1H3;1H. The van der Waals surface area contributed by atoms with Crippen LogP contribution in [-0.4, -0.2) is 30.6 Å². The lowest BCUT2D eigenvalue weighted by atomic mass is 10.2. The lowest BCUT2D eigenvalue weighted by molar-refractivity contribution is -0.226. The second-order valence-electron chi connectivity index (χ2n) is 1.98. The Labute approximate surface area is 60.8 Å². The van der Waals surface area contributed by atoms with Crippen molar-refractivity contribution in [2.45, 2.75) is 12.7 Å². The van der Waals surface area contributed by atoms with Gasteiger partial charge in [-0.25, -0.2) is 0 Å². The van der Waals surface area contributed by atoms with Crippen molar-refractivity contribution in [1.82, 2.24) is 5.32 Å². The van der Waals surface area contributed by atoms with Crippen LogP contribution in [0.5, 0.6) is 0 Å². The van der Waals surface area contributed by atoms with Crippen molar-refractivity contribution < 1.29 is 9.84 Å². The normalized spacial score (nSPS) is 22.0. The van der Waals surface area contributed by atoms with Gasteiger partial charge in [-0.2, -0.15) is 0 Å². The van der Waals surface area contributed by atoms with Gasteiger partial charge in [-0.05, 0) is 6.92 Å². The van der Waals surface area contributed by atoms with E-state index in [0.29, 0.717) is 19.7 Å². The molecule has 56 valence electrons. The van der Waals surface area contributed by atoms with E-state index in [1.165, 1.54) is 0 Å². The second-order valence-corrected chi connectivity index (χ2v) is 1.98. The van der Waals surface area contributed by atoms with Crippen LogP contribution in [0.3, 0.4) is 0 Å². The minimum absolute atomic E-state index is 0. The summed E-state index contributed by atoms with van der Waals surface area (Å²) < 4.78 is 4.96. The van der Waals surface area contributed by atoms with E-state index in [9.17, 15) is 0 Å². The zero-order chi connectivity index (χ0) is 6.04. The first-order valence-corrected chi connectivity index (χ1v) is 2.84. The molecule has 1 aliphatic rings. The Balaban J connectivity index is 0.000000640. The highest BCUT2D eigenvalue weighted by molar-refractivity contribution is 5.85. The van der Waals surface area contributed by atoms with Crippen molar-refractivity contribution in [1.29, 1.82) is 0 Å². The van der Waals surface area contributed by atoms with Crippen LogP contribution in [0.15, 0.2) is 0 Å². The van der Waals surface area contributed by atoms with Crippen LogP contribution in [-0.2, 0) is 4.74 Å². The number of ether oxygens (including phenoxy) is 1. The first kappa shape index (κ1) is 9.17. The Kier molecular flexibility index (Phi) is 3.43. The number of nitrogens with one attached hydrogen (secondary N) is 1. The van der Waals surface area contributed by atoms with Gasteiger partial charge < -0.3 is 15.2 Å². The largest absolute Gasteiger partial charge is 0.363 e. The lowest BCUT2D eigenvalue weighted by Gasteiger charge is -2.36. The van der Waals surface area contributed by atoms with E-state index in [-0.39, 0.29) is 12.4 Å². The molecule has 0 amide bonds. The number of rotatable bonds is 2. The molecule has 0 spiro atoms. The van der Waals surface area contributed by atoms with E-state index >= 15 is 0 Å². The number of aliphatic hydroxyl groups is 1. The Morgan fingerprint density at radius 2 is 2.22 bits per heavy atom. The van der Waals surface area contributed by atoms with E-state index in [2.05, 4.69) is 5.32 Å². The molecule has 2 N–H and O–H groups in total. The van der Waals surface area contributed by atoms with Crippen LogP contribution in [0.25, 0.3) is 0 Å². The van der Waals surface area contributed by atoms with Gasteiger partial charge in [0.05, 0.1) is 13.1 Å². The fourth-order valence-electron chi connectivity index (χ4n) is 0.710. The van der Waals surface area contributed by atoms with Gasteiger partial charge in [0.25, 0.3) is 0 Å². The van der Waals surface area contributed by atoms with Gasteiger partial charge in [0.1, 0.15) is 0 Å². The average Bonchev–Trinajstić information content (AvgIpc) is 1.64. The third-order valence-electron chi connectivity index (χ3n) is 1.22. The third-order valence-corrected chi connectivity index (χ3v) is 1.22. The van der Waals surface area contributed by atoms with Crippen molar-refractivity contribution in [2.24, 2.45) is 0 Å². The third kappa shape index (κ3) is 2.10. The highest BCUT2D eigenvalue weighted by atomic mass is 35.5. The van der Waals surface area contributed by atoms with Gasteiger partial charge >= 0.3 is 0 Å². The molecule has 1 saturated heterocycles. The van der Waals surface area contributed by atoms with Crippen LogP contribution in [0.4, 0.5) is 0 Å². The molecular formula is C5H12ClNO2. The van der Waals surface area contributed by atoms with Crippen LogP contribution < -0.4 is 5.32 Å². The Morgan fingerprint density at radius 1 is 1.67 bits per heavy atom. The first-order chi connectivity index (χ1) is 3.77. The summed E-state index contributed by atoms with van der Waals surface area (Å²) in [7, 11) is 0. The van der Waals surface area contributed by atoms with E-state index in [1.807, 2.05) is 6.92 Å². The van der Waals surface area contributed by atoms with Crippen molar-refractivity contribution in [3.05, 3.63) is 0 Å². The summed E-state index contributed by atoms with van der Waals surface area (Å²) >= 11 is 0. The molecule has 0 aliphatic carbocycles. The number of hydrogen-bond acceptors (Lipinski definition) is 3. The molecule has 4 heteroatoms. The molecular weight excluding hydrogens is 142 g/mol. The van der Waals surface area contributed by atoms with Gasteiger partial charge in [0.2, 0.25) is 0 Å². The Morgan fingerprint density at radius 3 is 2.33 bits per heavy atom. The molecule has 0 saturated carbocycles. The topological polar surface area (TPSA) is 41.5 Å². The minimum Gasteiger partial charge on any atom is -0.363 e. The smallest absolute Gasteiger partial charge is 0.190 e. The van der Waals surface area contributed by atoms with E-state index in [1.54, 1.807) is 0 Å². The molecule has 1 aliphatic heterocycles. The fraction of sp³-hybridized carbons (Fsp3) is 1.00. The number of β-amino-alcohol motifs (C(OH)–C–C–N with tert-alkyl or cyclic N) is 1. The maximum atomic E-state index is 9.13. The monoisotopic (exact) mass is 153 g/mol. The second kappa shape index (κ2) is 3.37. The first-order valence-electron chi connectivity index (χ1n) is 2.84. The predicted octanol–water partition coefficient (Wildman–Crippen LogP) is -0.263. The maximum Gasteiger partial charge on any atom is 0.190 e. The molecule has 0 bridgehead atoms. The summed E-state index contributed by atoms with van der Waals surface area (Å²) in [6.07, 6.45) is 0. The highest BCUT2D eigenvalue weighted by Gasteiger charge is 2.34. The van der Waals surface area contributed by atoms with Crippen LogP contribution >= 0.6 is 12.4 Å². The Bertz CT molecular complexity index is 85.0. The molecule has 0 unspecified atom stereocenters. The zero-order valence-corrected chi connectivity index (χ0v) is 6.20. The molecule has 3 nitrogen and oxygen atoms in total. The lowest BCUT2D eigenvalue weighted by Crippen LogP contribution is -2.61. The minimum atomic E-state index is -0.839.